The third-order valence-corrected chi connectivity index (χ3v) is 4.63. The maximum Gasteiger partial charge on any atom is 0.416 e. The molecule has 0 bridgehead atoms. The molecule has 3 rings (SSSR count). The predicted molar refractivity (Wildman–Crippen MR) is 111 cm³/mol. The van der Waals surface area contributed by atoms with Gasteiger partial charge >= 0.3 is 12.2 Å². The van der Waals surface area contributed by atoms with E-state index in [4.69, 9.17) is 16.3 Å². The van der Waals surface area contributed by atoms with Crippen molar-refractivity contribution in [1.82, 2.24) is 5.32 Å². The number of hydrogen-bond donors (Lipinski definition) is 2. The van der Waals surface area contributed by atoms with Gasteiger partial charge in [-0.1, -0.05) is 17.7 Å². The quantitative estimate of drug-likeness (QED) is 0.443. The van der Waals surface area contributed by atoms with Crippen LogP contribution >= 0.6 is 11.6 Å². The number of alkyl halides is 3. The number of ether oxygens (including phenoxy) is 1. The van der Waals surface area contributed by atoms with Crippen molar-refractivity contribution in [3.05, 3.63) is 88.3 Å². The topological polar surface area (TPSA) is 67.4 Å². The Labute approximate surface area is 193 Å². The Morgan fingerprint density at radius 3 is 2.41 bits per heavy atom. The van der Waals surface area contributed by atoms with Gasteiger partial charge in [-0.25, -0.2) is 18.0 Å². The summed E-state index contributed by atoms with van der Waals surface area (Å²) in [5, 5.41) is 3.42. The van der Waals surface area contributed by atoms with Gasteiger partial charge in [-0.05, 0) is 42.5 Å². The first-order valence-electron chi connectivity index (χ1n) is 9.32. The van der Waals surface area contributed by atoms with Gasteiger partial charge in [0.15, 0.2) is 0 Å². The van der Waals surface area contributed by atoms with Gasteiger partial charge in [-0.3, -0.25) is 10.1 Å². The fourth-order valence-corrected chi connectivity index (χ4v) is 2.94. The monoisotopic (exact) mass is 502 g/mol. The van der Waals surface area contributed by atoms with Gasteiger partial charge in [0, 0.05) is 12.5 Å². The summed E-state index contributed by atoms with van der Waals surface area (Å²) in [5.41, 5.74) is -2.03. The number of rotatable bonds is 4. The summed E-state index contributed by atoms with van der Waals surface area (Å²) in [7, 11) is 0. The molecule has 2 aromatic carbocycles. The summed E-state index contributed by atoms with van der Waals surface area (Å²) in [4.78, 5) is 24.1. The Morgan fingerprint density at radius 2 is 1.76 bits per heavy atom. The molecule has 5 nitrogen and oxygen atoms in total. The standard InChI is InChI=1S/C22H13ClF6N2O3/c23-15-8-11(22(27,28)29)4-7-19(15)34-13-5-6-18(17(26)10-13)30-21(33)31-20(32)14-9-12(24)2-1-3-16(14)25/h1-8,10H,9H2,(H2,30,31,32,33). The molecule has 0 aromatic heterocycles. The van der Waals surface area contributed by atoms with Crippen LogP contribution in [0.3, 0.4) is 0 Å². The minimum atomic E-state index is -4.61. The van der Waals surface area contributed by atoms with Crippen LogP contribution in [0.1, 0.15) is 12.0 Å². The number of imide groups is 1. The van der Waals surface area contributed by atoms with Gasteiger partial charge in [0.25, 0.3) is 5.91 Å². The van der Waals surface area contributed by atoms with E-state index >= 15 is 0 Å². The fourth-order valence-electron chi connectivity index (χ4n) is 2.72. The van der Waals surface area contributed by atoms with Crippen LogP contribution in [-0.4, -0.2) is 11.9 Å². The fraction of sp³-hybridized carbons (Fsp3) is 0.0909. The van der Waals surface area contributed by atoms with Crippen LogP contribution in [-0.2, 0) is 11.0 Å². The second kappa shape index (κ2) is 10.0. The third kappa shape index (κ3) is 6.19. The molecule has 0 saturated heterocycles. The van der Waals surface area contributed by atoms with E-state index in [1.807, 2.05) is 5.32 Å². The number of carbonyl (C=O) groups is 2. The van der Waals surface area contributed by atoms with Gasteiger partial charge in [-0.15, -0.1) is 0 Å². The van der Waals surface area contributed by atoms with Gasteiger partial charge < -0.3 is 10.1 Å². The van der Waals surface area contributed by atoms with Crippen LogP contribution in [0.15, 0.2) is 71.9 Å². The number of hydrogen-bond acceptors (Lipinski definition) is 3. The average Bonchev–Trinajstić information content (AvgIpc) is 2.91. The van der Waals surface area contributed by atoms with Crippen LogP contribution in [0.4, 0.5) is 36.8 Å². The van der Waals surface area contributed by atoms with Crippen LogP contribution in [0.2, 0.25) is 5.02 Å². The molecule has 0 saturated carbocycles. The van der Waals surface area contributed by atoms with Crippen molar-refractivity contribution in [2.75, 3.05) is 5.32 Å². The number of urea groups is 1. The van der Waals surface area contributed by atoms with E-state index in [0.29, 0.717) is 6.07 Å². The van der Waals surface area contributed by atoms with E-state index in [0.717, 1.165) is 42.5 Å². The smallest absolute Gasteiger partial charge is 0.416 e. The van der Waals surface area contributed by atoms with Crippen molar-refractivity contribution in [2.45, 2.75) is 12.6 Å². The van der Waals surface area contributed by atoms with Gasteiger partial charge in [0.1, 0.15) is 29.0 Å². The van der Waals surface area contributed by atoms with E-state index in [1.54, 1.807) is 5.32 Å². The molecule has 0 spiro atoms. The van der Waals surface area contributed by atoms with Crippen LogP contribution < -0.4 is 15.4 Å². The average molecular weight is 503 g/mol. The van der Waals surface area contributed by atoms with Crippen molar-refractivity contribution in [1.29, 1.82) is 0 Å². The lowest BCUT2D eigenvalue weighted by molar-refractivity contribution is -0.137. The normalized spacial score (nSPS) is 13.8. The van der Waals surface area contributed by atoms with Crippen molar-refractivity contribution in [2.24, 2.45) is 0 Å². The predicted octanol–water partition coefficient (Wildman–Crippen LogP) is 6.98. The van der Waals surface area contributed by atoms with E-state index in [-0.39, 0.29) is 16.5 Å². The SMILES string of the molecule is O=C(NC(=O)C1=C(F)C=CC=C(F)C1)Nc1ccc(Oc2ccc(C(F)(F)F)cc2Cl)cc1F. The van der Waals surface area contributed by atoms with Gasteiger partial charge in [0.2, 0.25) is 0 Å². The molecule has 2 aromatic rings. The Bertz CT molecular complexity index is 1240. The highest BCUT2D eigenvalue weighted by atomic mass is 35.5. The first-order chi connectivity index (χ1) is 15.9. The molecular weight excluding hydrogens is 490 g/mol. The zero-order chi connectivity index (χ0) is 25.0. The number of benzene rings is 2. The van der Waals surface area contributed by atoms with Crippen molar-refractivity contribution in [3.63, 3.8) is 0 Å². The maximum atomic E-state index is 14.4. The number of halogens is 7. The lowest BCUT2D eigenvalue weighted by Gasteiger charge is -2.13. The number of allylic oxidation sites excluding steroid dienone is 5. The summed E-state index contributed by atoms with van der Waals surface area (Å²) in [6.45, 7) is 0. The first-order valence-corrected chi connectivity index (χ1v) is 9.69. The number of carbonyl (C=O) groups excluding carboxylic acids is 2. The largest absolute Gasteiger partial charge is 0.456 e. The summed E-state index contributed by atoms with van der Waals surface area (Å²) in [6, 6.07) is 4.15. The number of anilines is 1. The van der Waals surface area contributed by atoms with Crippen LogP contribution in [0.5, 0.6) is 11.5 Å². The van der Waals surface area contributed by atoms with Crippen molar-refractivity contribution in [3.8, 4) is 11.5 Å². The molecule has 0 heterocycles. The summed E-state index contributed by atoms with van der Waals surface area (Å²) in [5.74, 6) is -4.41. The Hall–Kier alpha value is -3.73. The van der Waals surface area contributed by atoms with Gasteiger partial charge in [0.05, 0.1) is 21.8 Å². The molecular formula is C22H13ClF6N2O3. The van der Waals surface area contributed by atoms with Crippen molar-refractivity contribution < 1.29 is 40.7 Å². The molecule has 0 radical (unpaired) electrons. The molecule has 0 atom stereocenters. The number of amides is 3. The van der Waals surface area contributed by atoms with E-state index in [1.165, 1.54) is 6.07 Å². The second-order valence-electron chi connectivity index (χ2n) is 6.77. The summed E-state index contributed by atoms with van der Waals surface area (Å²) < 4.78 is 85.1. The molecule has 0 unspecified atom stereocenters. The lowest BCUT2D eigenvalue weighted by Crippen LogP contribution is -2.35. The highest BCUT2D eigenvalue weighted by molar-refractivity contribution is 6.32. The number of nitrogens with one attached hydrogen (secondary N) is 2. The molecule has 0 aliphatic heterocycles. The highest BCUT2D eigenvalue weighted by Crippen LogP contribution is 2.36. The Morgan fingerprint density at radius 1 is 1.03 bits per heavy atom. The molecule has 34 heavy (non-hydrogen) atoms. The van der Waals surface area contributed by atoms with Gasteiger partial charge in [-0.2, -0.15) is 13.2 Å². The lowest BCUT2D eigenvalue weighted by atomic mass is 10.1. The molecule has 0 fully saturated rings. The molecule has 3 amide bonds. The molecule has 1 aliphatic rings. The minimum absolute atomic E-state index is 0.152. The summed E-state index contributed by atoms with van der Waals surface area (Å²) >= 11 is 5.79. The van der Waals surface area contributed by atoms with Crippen LogP contribution in [0.25, 0.3) is 0 Å². The second-order valence-corrected chi connectivity index (χ2v) is 7.18. The molecule has 12 heteroatoms. The highest BCUT2D eigenvalue weighted by Gasteiger charge is 2.31. The minimum Gasteiger partial charge on any atom is -0.456 e. The van der Waals surface area contributed by atoms with E-state index < -0.39 is 58.8 Å². The van der Waals surface area contributed by atoms with E-state index in [2.05, 4.69) is 0 Å². The molecule has 2 N–H and O–H groups in total. The first kappa shape index (κ1) is 24.9. The Kier molecular flexibility index (Phi) is 7.35. The maximum absolute atomic E-state index is 14.4. The van der Waals surface area contributed by atoms with E-state index in [9.17, 15) is 35.9 Å². The van der Waals surface area contributed by atoms with Crippen molar-refractivity contribution >= 4 is 29.2 Å². The van der Waals surface area contributed by atoms with Crippen LogP contribution in [0, 0.1) is 5.82 Å². The molecule has 178 valence electrons. The molecule has 1 aliphatic carbocycles. The zero-order valence-corrected chi connectivity index (χ0v) is 17.5. The zero-order valence-electron chi connectivity index (χ0n) is 16.8. The Balaban J connectivity index is 1.66. The third-order valence-electron chi connectivity index (χ3n) is 4.33. The summed E-state index contributed by atoms with van der Waals surface area (Å²) in [6.07, 6.45) is -2.42.